The predicted octanol–water partition coefficient (Wildman–Crippen LogP) is 3.17. The zero-order chi connectivity index (χ0) is 18.6. The van der Waals surface area contributed by atoms with Crippen molar-refractivity contribution in [1.29, 1.82) is 0 Å². The Balaban J connectivity index is 1.20. The van der Waals surface area contributed by atoms with E-state index in [0.717, 1.165) is 40.8 Å². The molecule has 4 aliphatic carbocycles. The monoisotopic (exact) mass is 385 g/mol. The molecule has 144 valence electrons. The Hall–Kier alpha value is -1.63. The molecule has 0 radical (unpaired) electrons. The molecule has 4 fully saturated rings. The first kappa shape index (κ1) is 17.5. The van der Waals surface area contributed by atoms with Gasteiger partial charge < -0.3 is 5.32 Å². The van der Waals surface area contributed by atoms with Crippen LogP contribution in [0, 0.1) is 37.0 Å². The van der Waals surface area contributed by atoms with Gasteiger partial charge >= 0.3 is 0 Å². The van der Waals surface area contributed by atoms with Gasteiger partial charge in [0.2, 0.25) is 5.91 Å². The maximum atomic E-state index is 12.5. The fourth-order valence-electron chi connectivity index (χ4n) is 6.27. The second kappa shape index (κ2) is 6.47. The Labute approximate surface area is 163 Å². The summed E-state index contributed by atoms with van der Waals surface area (Å²) < 4.78 is 1.92. The van der Waals surface area contributed by atoms with Gasteiger partial charge in [-0.05, 0) is 81.6 Å². The van der Waals surface area contributed by atoms with Crippen LogP contribution in [0.5, 0.6) is 0 Å². The second-order valence-electron chi connectivity index (χ2n) is 9.14. The summed E-state index contributed by atoms with van der Waals surface area (Å²) in [6.45, 7) is 4.82. The number of amides is 1. The number of hydrogen-bond donors (Lipinski definition) is 1. The minimum Gasteiger partial charge on any atom is -0.355 e. The number of hydrogen-bond acceptors (Lipinski definition) is 5. The molecule has 27 heavy (non-hydrogen) atoms. The highest BCUT2D eigenvalue weighted by molar-refractivity contribution is 7.99. The van der Waals surface area contributed by atoms with Crippen molar-refractivity contribution in [2.45, 2.75) is 57.5 Å². The summed E-state index contributed by atoms with van der Waals surface area (Å²) in [5, 5.41) is 12.3. The van der Waals surface area contributed by atoms with Gasteiger partial charge in [0.05, 0.1) is 5.75 Å². The summed E-state index contributed by atoms with van der Waals surface area (Å²) >= 11 is 1.44. The van der Waals surface area contributed by atoms with Gasteiger partial charge in [-0.3, -0.25) is 9.20 Å². The molecular formula is C20H27N5OS. The van der Waals surface area contributed by atoms with Crippen LogP contribution in [-0.4, -0.2) is 37.8 Å². The van der Waals surface area contributed by atoms with E-state index >= 15 is 0 Å². The van der Waals surface area contributed by atoms with Crippen LogP contribution in [-0.2, 0) is 4.79 Å². The van der Waals surface area contributed by atoms with E-state index < -0.39 is 0 Å². The van der Waals surface area contributed by atoms with E-state index in [2.05, 4.69) is 20.5 Å². The van der Waals surface area contributed by atoms with Crippen molar-refractivity contribution in [2.75, 3.05) is 12.3 Å². The van der Waals surface area contributed by atoms with Gasteiger partial charge in [-0.15, -0.1) is 10.2 Å². The second-order valence-corrected chi connectivity index (χ2v) is 10.1. The highest BCUT2D eigenvalue weighted by Gasteiger charge is 2.50. The molecule has 2 aromatic heterocycles. The van der Waals surface area contributed by atoms with Crippen LogP contribution in [0.25, 0.3) is 5.78 Å². The third kappa shape index (κ3) is 3.24. The van der Waals surface area contributed by atoms with E-state index in [9.17, 15) is 4.79 Å². The number of nitrogens with one attached hydrogen (secondary N) is 1. The van der Waals surface area contributed by atoms with Crippen LogP contribution < -0.4 is 5.32 Å². The number of carbonyl (C=O) groups is 1. The number of thioether (sulfide) groups is 1. The van der Waals surface area contributed by atoms with Crippen LogP contribution in [0.15, 0.2) is 11.2 Å². The minimum absolute atomic E-state index is 0.102. The first-order valence-electron chi connectivity index (χ1n) is 10.1. The van der Waals surface area contributed by atoms with E-state index in [1.807, 2.05) is 24.3 Å². The number of nitrogens with zero attached hydrogens (tertiary/aromatic N) is 4. The Bertz CT molecular complexity index is 857. The summed E-state index contributed by atoms with van der Waals surface area (Å²) in [4.78, 5) is 16.9. The van der Waals surface area contributed by atoms with E-state index in [4.69, 9.17) is 0 Å². The average Bonchev–Trinajstić information content (AvgIpc) is 3.00. The van der Waals surface area contributed by atoms with Crippen LogP contribution in [0.4, 0.5) is 0 Å². The summed E-state index contributed by atoms with van der Waals surface area (Å²) in [6, 6.07) is 2.01. The van der Waals surface area contributed by atoms with Crippen molar-refractivity contribution >= 4 is 23.4 Å². The van der Waals surface area contributed by atoms with E-state index in [-0.39, 0.29) is 5.91 Å². The lowest BCUT2D eigenvalue weighted by atomic mass is 9.49. The quantitative estimate of drug-likeness (QED) is 0.801. The first-order valence-corrected chi connectivity index (χ1v) is 11.1. The maximum Gasteiger partial charge on any atom is 0.256 e. The lowest BCUT2D eigenvalue weighted by Crippen LogP contribution is -2.51. The molecule has 1 N–H and O–H groups in total. The van der Waals surface area contributed by atoms with Crippen molar-refractivity contribution in [1.82, 2.24) is 24.9 Å². The molecule has 4 aliphatic rings. The molecule has 2 heterocycles. The highest BCUT2D eigenvalue weighted by atomic mass is 32.2. The molecule has 7 heteroatoms. The standard InChI is InChI=1S/C20H27N5OS/c1-12-3-13(2)25-18(22-12)23-24-19(25)27-10-17(26)21-11-20-7-14-4-15(8-20)6-16(5-14)9-20/h3,14-16H,4-11H2,1-2H3,(H,21,26). The van der Waals surface area contributed by atoms with E-state index in [1.165, 1.54) is 50.3 Å². The Morgan fingerprint density at radius 1 is 1.19 bits per heavy atom. The average molecular weight is 386 g/mol. The van der Waals surface area contributed by atoms with Crippen LogP contribution in [0.1, 0.15) is 49.9 Å². The van der Waals surface area contributed by atoms with Crippen LogP contribution >= 0.6 is 11.8 Å². The van der Waals surface area contributed by atoms with Crippen LogP contribution in [0.3, 0.4) is 0 Å². The lowest BCUT2D eigenvalue weighted by Gasteiger charge is -2.56. The molecular weight excluding hydrogens is 358 g/mol. The van der Waals surface area contributed by atoms with Gasteiger partial charge in [0.15, 0.2) is 5.16 Å². The van der Waals surface area contributed by atoms with Crippen molar-refractivity contribution in [2.24, 2.45) is 23.2 Å². The third-order valence-corrected chi connectivity index (χ3v) is 7.75. The van der Waals surface area contributed by atoms with E-state index in [0.29, 0.717) is 16.9 Å². The lowest BCUT2D eigenvalue weighted by molar-refractivity contribution is -0.120. The molecule has 0 saturated heterocycles. The maximum absolute atomic E-state index is 12.5. The van der Waals surface area contributed by atoms with Gasteiger partial charge in [-0.25, -0.2) is 4.98 Å². The molecule has 0 spiro atoms. The van der Waals surface area contributed by atoms with Crippen molar-refractivity contribution < 1.29 is 4.79 Å². The first-order chi connectivity index (χ1) is 13.0. The number of fused-ring (bicyclic) bond motifs is 1. The zero-order valence-corrected chi connectivity index (χ0v) is 16.9. The molecule has 6 rings (SSSR count). The molecule has 0 aromatic carbocycles. The van der Waals surface area contributed by atoms with Gasteiger partial charge in [0, 0.05) is 17.9 Å². The third-order valence-electron chi connectivity index (χ3n) is 6.82. The fraction of sp³-hybridized carbons (Fsp3) is 0.700. The largest absolute Gasteiger partial charge is 0.355 e. The summed E-state index contributed by atoms with van der Waals surface area (Å²) in [5.41, 5.74) is 2.35. The minimum atomic E-state index is 0.102. The molecule has 0 atom stereocenters. The fourth-order valence-corrected chi connectivity index (χ4v) is 7.08. The smallest absolute Gasteiger partial charge is 0.256 e. The zero-order valence-electron chi connectivity index (χ0n) is 16.1. The topological polar surface area (TPSA) is 72.2 Å². The van der Waals surface area contributed by atoms with E-state index in [1.54, 1.807) is 0 Å². The van der Waals surface area contributed by atoms with Crippen molar-refractivity contribution in [3.8, 4) is 0 Å². The van der Waals surface area contributed by atoms with Crippen molar-refractivity contribution in [3.63, 3.8) is 0 Å². The molecule has 0 unspecified atom stereocenters. The van der Waals surface area contributed by atoms with Gasteiger partial charge in [0.1, 0.15) is 0 Å². The van der Waals surface area contributed by atoms with Gasteiger partial charge in [0.25, 0.3) is 5.78 Å². The SMILES string of the molecule is Cc1cc(C)n2c(SCC(=O)NCC34CC5CC(CC(C5)C3)C4)nnc2n1. The summed E-state index contributed by atoms with van der Waals surface area (Å²) in [7, 11) is 0. The van der Waals surface area contributed by atoms with Crippen LogP contribution in [0.2, 0.25) is 0 Å². The predicted molar refractivity (Wildman–Crippen MR) is 105 cm³/mol. The highest BCUT2D eigenvalue weighted by Crippen LogP contribution is 2.59. The Morgan fingerprint density at radius 2 is 1.85 bits per heavy atom. The summed E-state index contributed by atoms with van der Waals surface area (Å²) in [6.07, 6.45) is 8.30. The normalized spacial score (nSPS) is 31.6. The van der Waals surface area contributed by atoms with Crippen molar-refractivity contribution in [3.05, 3.63) is 17.5 Å². The number of aromatic nitrogens is 4. The number of carbonyl (C=O) groups excluding carboxylic acids is 1. The van der Waals surface area contributed by atoms with Gasteiger partial charge in [-0.1, -0.05) is 11.8 Å². The molecule has 0 aliphatic heterocycles. The summed E-state index contributed by atoms with van der Waals surface area (Å²) in [5.74, 6) is 3.84. The molecule has 1 amide bonds. The molecule has 4 bridgehead atoms. The molecule has 4 saturated carbocycles. The molecule has 6 nitrogen and oxygen atoms in total. The Kier molecular flexibility index (Phi) is 4.18. The number of rotatable bonds is 5. The molecule has 2 aromatic rings. The van der Waals surface area contributed by atoms with Gasteiger partial charge in [-0.2, -0.15) is 0 Å². The Morgan fingerprint density at radius 3 is 2.52 bits per heavy atom. The number of aryl methyl sites for hydroxylation is 2.